The number of benzene rings is 2. The van der Waals surface area contributed by atoms with Crippen LogP contribution in [0.2, 0.25) is 0 Å². The third-order valence-electron chi connectivity index (χ3n) is 4.39. The molecule has 0 spiro atoms. The van der Waals surface area contributed by atoms with Gasteiger partial charge in [0.1, 0.15) is 5.01 Å². The van der Waals surface area contributed by atoms with Gasteiger partial charge in [-0.3, -0.25) is 10.1 Å². The molecule has 0 saturated carbocycles. The maximum absolute atomic E-state index is 11.0. The number of nitrogens with zero attached hydrogens (tertiary/aromatic N) is 4. The molecule has 0 aliphatic carbocycles. The second-order valence-corrected chi connectivity index (χ2v) is 8.35. The Kier molecular flexibility index (Phi) is 4.04. The zero-order valence-electron chi connectivity index (χ0n) is 15.2. The van der Waals surface area contributed by atoms with Crippen LogP contribution in [-0.4, -0.2) is 19.5 Å². The van der Waals surface area contributed by atoms with Crippen molar-refractivity contribution in [2.75, 3.05) is 0 Å². The van der Waals surface area contributed by atoms with Gasteiger partial charge in [0.15, 0.2) is 0 Å². The number of fused-ring (bicyclic) bond motifs is 1. The third kappa shape index (κ3) is 3.33. The van der Waals surface area contributed by atoms with Crippen LogP contribution in [0.1, 0.15) is 26.3 Å². The zero-order valence-corrected chi connectivity index (χ0v) is 16.0. The van der Waals surface area contributed by atoms with E-state index in [-0.39, 0.29) is 11.1 Å². The number of nitro groups is 1. The molecule has 27 heavy (non-hydrogen) atoms. The summed E-state index contributed by atoms with van der Waals surface area (Å²) in [4.78, 5) is 15.9. The molecule has 0 unspecified atom stereocenters. The van der Waals surface area contributed by atoms with Crippen LogP contribution in [-0.2, 0) is 5.41 Å². The van der Waals surface area contributed by atoms with Gasteiger partial charge in [0.2, 0.25) is 4.96 Å². The Morgan fingerprint density at radius 2 is 1.81 bits per heavy atom. The number of rotatable bonds is 3. The van der Waals surface area contributed by atoms with E-state index in [0.29, 0.717) is 11.3 Å². The highest BCUT2D eigenvalue weighted by Crippen LogP contribution is 2.31. The van der Waals surface area contributed by atoms with Crippen molar-refractivity contribution < 1.29 is 4.92 Å². The van der Waals surface area contributed by atoms with Gasteiger partial charge in [0, 0.05) is 23.3 Å². The fourth-order valence-corrected chi connectivity index (χ4v) is 3.73. The average Bonchev–Trinajstić information content (AvgIpc) is 3.20. The Labute approximate surface area is 160 Å². The van der Waals surface area contributed by atoms with Gasteiger partial charge in [-0.25, -0.2) is 9.50 Å². The summed E-state index contributed by atoms with van der Waals surface area (Å²) in [5.41, 5.74) is 3.88. The fraction of sp³-hybridized carbons (Fsp3) is 0.200. The van der Waals surface area contributed by atoms with Gasteiger partial charge in [-0.15, -0.1) is 0 Å². The fourth-order valence-electron chi connectivity index (χ4n) is 2.85. The summed E-state index contributed by atoms with van der Waals surface area (Å²) in [6.07, 6.45) is 1.80. The Bertz CT molecular complexity index is 1110. The Morgan fingerprint density at radius 1 is 1.07 bits per heavy atom. The third-order valence-corrected chi connectivity index (χ3v) is 5.37. The number of hydrogen-bond acceptors (Lipinski definition) is 5. The van der Waals surface area contributed by atoms with Crippen molar-refractivity contribution in [1.29, 1.82) is 0 Å². The van der Waals surface area contributed by atoms with Crippen LogP contribution >= 0.6 is 11.3 Å². The molecular weight excluding hydrogens is 360 g/mol. The van der Waals surface area contributed by atoms with E-state index in [1.807, 2.05) is 6.07 Å². The molecule has 0 N–H and O–H groups in total. The van der Waals surface area contributed by atoms with E-state index in [2.05, 4.69) is 55.1 Å². The van der Waals surface area contributed by atoms with E-state index in [1.54, 1.807) is 16.8 Å². The van der Waals surface area contributed by atoms with Crippen molar-refractivity contribution in [1.82, 2.24) is 14.6 Å². The van der Waals surface area contributed by atoms with Crippen molar-refractivity contribution in [3.05, 3.63) is 70.4 Å². The van der Waals surface area contributed by atoms with Crippen LogP contribution in [0, 0.1) is 10.1 Å². The van der Waals surface area contributed by atoms with Crippen molar-refractivity contribution in [2.24, 2.45) is 0 Å². The number of imidazole rings is 1. The molecule has 0 amide bonds. The summed E-state index contributed by atoms with van der Waals surface area (Å²) in [6.45, 7) is 6.57. The minimum Gasteiger partial charge on any atom is -0.258 e. The van der Waals surface area contributed by atoms with E-state index < -0.39 is 4.92 Å². The van der Waals surface area contributed by atoms with Crippen LogP contribution in [0.5, 0.6) is 0 Å². The van der Waals surface area contributed by atoms with Crippen LogP contribution in [0.15, 0.2) is 54.7 Å². The van der Waals surface area contributed by atoms with Gasteiger partial charge in [0.25, 0.3) is 5.69 Å². The Morgan fingerprint density at radius 3 is 2.44 bits per heavy atom. The lowest BCUT2D eigenvalue weighted by atomic mass is 9.87. The molecule has 4 rings (SSSR count). The molecule has 0 fully saturated rings. The minimum atomic E-state index is -0.403. The second kappa shape index (κ2) is 6.28. The topological polar surface area (TPSA) is 73.3 Å². The zero-order chi connectivity index (χ0) is 19.2. The number of non-ortho nitro benzene ring substituents is 1. The smallest absolute Gasteiger partial charge is 0.258 e. The predicted molar refractivity (Wildman–Crippen MR) is 107 cm³/mol. The normalized spacial score (nSPS) is 11.8. The molecule has 136 valence electrons. The number of aromatic nitrogens is 3. The number of nitro benzene ring substituents is 1. The summed E-state index contributed by atoms with van der Waals surface area (Å²) in [5, 5.41) is 16.5. The molecule has 0 radical (unpaired) electrons. The standard InChI is InChI=1S/C20H18N4O2S/c1-20(2,3)15-9-7-13(8-10-15)18-22-23-12-17(21-19(23)27-18)14-5-4-6-16(11-14)24(25)26/h4-12H,1-3H3. The first-order valence-corrected chi connectivity index (χ1v) is 9.35. The van der Waals surface area contributed by atoms with Crippen molar-refractivity contribution in [3.63, 3.8) is 0 Å². The average molecular weight is 378 g/mol. The Balaban J connectivity index is 1.66. The molecule has 7 heteroatoms. The summed E-state index contributed by atoms with van der Waals surface area (Å²) >= 11 is 1.50. The lowest BCUT2D eigenvalue weighted by Gasteiger charge is -2.18. The predicted octanol–water partition coefficient (Wildman–Crippen LogP) is 5.33. The Hall–Kier alpha value is -3.06. The largest absolute Gasteiger partial charge is 0.270 e. The monoisotopic (exact) mass is 378 g/mol. The molecule has 2 aromatic heterocycles. The SMILES string of the molecule is CC(C)(C)c1ccc(-c2nn3cc(-c4cccc([N+](=O)[O-])c4)nc3s2)cc1. The van der Waals surface area contributed by atoms with Crippen molar-refractivity contribution in [2.45, 2.75) is 26.2 Å². The first kappa shape index (κ1) is 17.4. The molecule has 2 heterocycles. The number of hydrogen-bond donors (Lipinski definition) is 0. The molecular formula is C20H18N4O2S. The first-order chi connectivity index (χ1) is 12.8. The highest BCUT2D eigenvalue weighted by molar-refractivity contribution is 7.19. The minimum absolute atomic E-state index is 0.0523. The molecule has 0 aliphatic heterocycles. The van der Waals surface area contributed by atoms with E-state index >= 15 is 0 Å². The van der Waals surface area contributed by atoms with Crippen molar-refractivity contribution >= 4 is 22.0 Å². The van der Waals surface area contributed by atoms with Gasteiger partial charge >= 0.3 is 0 Å². The molecule has 0 aliphatic rings. The molecule has 6 nitrogen and oxygen atoms in total. The van der Waals surface area contributed by atoms with Gasteiger partial charge in [0.05, 0.1) is 16.8 Å². The summed E-state index contributed by atoms with van der Waals surface area (Å²) in [5.74, 6) is 0. The van der Waals surface area contributed by atoms with E-state index in [9.17, 15) is 10.1 Å². The molecule has 2 aromatic carbocycles. The van der Waals surface area contributed by atoms with Gasteiger partial charge in [-0.2, -0.15) is 5.10 Å². The van der Waals surface area contributed by atoms with Crippen LogP contribution < -0.4 is 0 Å². The lowest BCUT2D eigenvalue weighted by molar-refractivity contribution is -0.384. The van der Waals surface area contributed by atoms with Crippen LogP contribution in [0.3, 0.4) is 0 Å². The highest BCUT2D eigenvalue weighted by Gasteiger charge is 2.16. The van der Waals surface area contributed by atoms with Crippen LogP contribution in [0.25, 0.3) is 26.8 Å². The molecule has 0 atom stereocenters. The lowest BCUT2D eigenvalue weighted by Crippen LogP contribution is -2.10. The molecule has 0 bridgehead atoms. The quantitative estimate of drug-likeness (QED) is 0.357. The van der Waals surface area contributed by atoms with Gasteiger partial charge < -0.3 is 0 Å². The van der Waals surface area contributed by atoms with E-state index in [0.717, 1.165) is 15.5 Å². The van der Waals surface area contributed by atoms with Crippen LogP contribution in [0.4, 0.5) is 5.69 Å². The van der Waals surface area contributed by atoms with E-state index in [1.165, 1.54) is 29.0 Å². The summed E-state index contributed by atoms with van der Waals surface area (Å²) in [7, 11) is 0. The van der Waals surface area contributed by atoms with Gasteiger partial charge in [-0.1, -0.05) is 68.5 Å². The molecule has 0 saturated heterocycles. The van der Waals surface area contributed by atoms with Crippen molar-refractivity contribution in [3.8, 4) is 21.8 Å². The maximum Gasteiger partial charge on any atom is 0.270 e. The van der Waals surface area contributed by atoms with E-state index in [4.69, 9.17) is 0 Å². The summed E-state index contributed by atoms with van der Waals surface area (Å²) < 4.78 is 1.73. The second-order valence-electron chi connectivity index (χ2n) is 7.40. The highest BCUT2D eigenvalue weighted by atomic mass is 32.1. The molecule has 4 aromatic rings. The first-order valence-electron chi connectivity index (χ1n) is 8.53. The maximum atomic E-state index is 11.0. The van der Waals surface area contributed by atoms with Gasteiger partial charge in [-0.05, 0) is 11.0 Å². The summed E-state index contributed by atoms with van der Waals surface area (Å²) in [6, 6.07) is 14.9.